The number of carbonyl (C=O) groups is 1. The summed E-state index contributed by atoms with van der Waals surface area (Å²) in [6, 6.07) is 5.08. The number of rotatable bonds is 5. The highest BCUT2D eigenvalue weighted by Gasteiger charge is 2.16. The lowest BCUT2D eigenvalue weighted by molar-refractivity contribution is 0.100. The Hall–Kier alpha value is -1.71. The third-order valence-electron chi connectivity index (χ3n) is 3.43. The van der Waals surface area contributed by atoms with Gasteiger partial charge in [0.05, 0.1) is 11.4 Å². The molecular formula is C13H19N3O. The number of hydrogen-bond donors (Lipinski definition) is 3. The average Bonchev–Trinajstić information content (AvgIpc) is 2.23. The minimum atomic E-state index is -0.424. The molecule has 0 unspecified atom stereocenters. The van der Waals surface area contributed by atoms with Crippen LogP contribution in [0.5, 0.6) is 0 Å². The maximum Gasteiger partial charge on any atom is 0.248 e. The van der Waals surface area contributed by atoms with Gasteiger partial charge in [0.2, 0.25) is 5.91 Å². The van der Waals surface area contributed by atoms with Gasteiger partial charge in [0, 0.05) is 12.1 Å². The topological polar surface area (TPSA) is 81.1 Å². The third-order valence-corrected chi connectivity index (χ3v) is 3.43. The van der Waals surface area contributed by atoms with E-state index in [2.05, 4.69) is 5.32 Å². The highest BCUT2D eigenvalue weighted by Crippen LogP contribution is 2.29. The van der Waals surface area contributed by atoms with Crippen LogP contribution >= 0.6 is 0 Å². The van der Waals surface area contributed by atoms with Gasteiger partial charge in [0.25, 0.3) is 0 Å². The summed E-state index contributed by atoms with van der Waals surface area (Å²) in [6.07, 6.45) is 5.22. The largest absolute Gasteiger partial charge is 0.397 e. The Bertz CT molecular complexity index is 413. The van der Waals surface area contributed by atoms with Crippen LogP contribution in [0.25, 0.3) is 0 Å². The fourth-order valence-corrected chi connectivity index (χ4v) is 2.06. The number of primary amides is 1. The Morgan fingerprint density at radius 3 is 2.76 bits per heavy atom. The average molecular weight is 233 g/mol. The first kappa shape index (κ1) is 11.8. The smallest absolute Gasteiger partial charge is 0.248 e. The van der Waals surface area contributed by atoms with E-state index in [1.807, 2.05) is 0 Å². The Kier molecular flexibility index (Phi) is 3.52. The molecule has 0 heterocycles. The molecule has 0 bridgehead atoms. The maximum absolute atomic E-state index is 11.1. The van der Waals surface area contributed by atoms with Crippen LogP contribution in [-0.2, 0) is 0 Å². The van der Waals surface area contributed by atoms with E-state index >= 15 is 0 Å². The molecule has 4 heteroatoms. The fourth-order valence-electron chi connectivity index (χ4n) is 2.06. The molecule has 1 aliphatic carbocycles. The molecule has 1 aliphatic rings. The highest BCUT2D eigenvalue weighted by molar-refractivity contribution is 5.94. The fraction of sp³-hybridized carbons (Fsp3) is 0.462. The monoisotopic (exact) mass is 233 g/mol. The van der Waals surface area contributed by atoms with Gasteiger partial charge in [-0.3, -0.25) is 4.79 Å². The summed E-state index contributed by atoms with van der Waals surface area (Å²) in [5.41, 5.74) is 13.0. The van der Waals surface area contributed by atoms with Gasteiger partial charge in [-0.05, 0) is 30.5 Å². The number of hydrogen-bond acceptors (Lipinski definition) is 3. The van der Waals surface area contributed by atoms with Crippen LogP contribution in [0.1, 0.15) is 36.0 Å². The Morgan fingerprint density at radius 1 is 1.41 bits per heavy atom. The normalized spacial score (nSPS) is 15.3. The molecule has 0 aromatic heterocycles. The zero-order chi connectivity index (χ0) is 12.3. The maximum atomic E-state index is 11.1. The lowest BCUT2D eigenvalue weighted by atomic mass is 9.83. The summed E-state index contributed by atoms with van der Waals surface area (Å²) < 4.78 is 0. The van der Waals surface area contributed by atoms with Crippen molar-refractivity contribution in [1.29, 1.82) is 0 Å². The van der Waals surface area contributed by atoms with E-state index in [9.17, 15) is 4.79 Å². The molecule has 0 aliphatic heterocycles. The van der Waals surface area contributed by atoms with Gasteiger partial charge in [0.1, 0.15) is 0 Å². The predicted molar refractivity (Wildman–Crippen MR) is 69.8 cm³/mol. The van der Waals surface area contributed by atoms with E-state index in [-0.39, 0.29) is 0 Å². The predicted octanol–water partition coefficient (Wildman–Crippen LogP) is 1.97. The van der Waals surface area contributed by atoms with Gasteiger partial charge in [-0.25, -0.2) is 0 Å². The van der Waals surface area contributed by atoms with Crippen molar-refractivity contribution in [3.63, 3.8) is 0 Å². The summed E-state index contributed by atoms with van der Waals surface area (Å²) in [7, 11) is 0. The van der Waals surface area contributed by atoms with Crippen LogP contribution in [0, 0.1) is 5.92 Å². The summed E-state index contributed by atoms with van der Waals surface area (Å²) >= 11 is 0. The number of nitrogens with two attached hydrogens (primary N) is 2. The van der Waals surface area contributed by atoms with Crippen molar-refractivity contribution in [2.24, 2.45) is 11.7 Å². The molecule has 0 atom stereocenters. The summed E-state index contributed by atoms with van der Waals surface area (Å²) in [5.74, 6) is 0.440. The molecule has 17 heavy (non-hydrogen) atoms. The van der Waals surface area contributed by atoms with E-state index in [0.717, 1.165) is 18.2 Å². The summed E-state index contributed by atoms with van der Waals surface area (Å²) in [5, 5.41) is 3.27. The highest BCUT2D eigenvalue weighted by atomic mass is 16.1. The van der Waals surface area contributed by atoms with E-state index in [1.165, 1.54) is 25.7 Å². The molecule has 4 nitrogen and oxygen atoms in total. The standard InChI is InChI=1S/C13H19N3O/c14-11-5-4-10(13(15)17)8-12(11)16-7-6-9-2-1-3-9/h4-5,8-9,16H,1-3,6-7,14H2,(H2,15,17). The second kappa shape index (κ2) is 5.08. The molecule has 1 aromatic rings. The first-order valence-corrected chi connectivity index (χ1v) is 6.10. The number of amides is 1. The van der Waals surface area contributed by atoms with Gasteiger partial charge in [0.15, 0.2) is 0 Å². The zero-order valence-electron chi connectivity index (χ0n) is 9.91. The molecule has 1 amide bonds. The van der Waals surface area contributed by atoms with Crippen molar-refractivity contribution >= 4 is 17.3 Å². The van der Waals surface area contributed by atoms with Crippen LogP contribution in [0.15, 0.2) is 18.2 Å². The summed E-state index contributed by atoms with van der Waals surface area (Å²) in [4.78, 5) is 11.1. The van der Waals surface area contributed by atoms with Gasteiger partial charge >= 0.3 is 0 Å². The molecule has 1 saturated carbocycles. The van der Waals surface area contributed by atoms with Gasteiger partial charge < -0.3 is 16.8 Å². The van der Waals surface area contributed by atoms with Crippen LogP contribution in [0.3, 0.4) is 0 Å². The number of benzene rings is 1. The zero-order valence-corrected chi connectivity index (χ0v) is 9.91. The number of anilines is 2. The Balaban J connectivity index is 1.93. The van der Waals surface area contributed by atoms with E-state index in [1.54, 1.807) is 18.2 Å². The number of carbonyl (C=O) groups excluding carboxylic acids is 1. The molecule has 1 fully saturated rings. The van der Waals surface area contributed by atoms with Crippen molar-refractivity contribution in [3.05, 3.63) is 23.8 Å². The number of nitrogens with one attached hydrogen (secondary N) is 1. The molecular weight excluding hydrogens is 214 g/mol. The van der Waals surface area contributed by atoms with Crippen molar-refractivity contribution in [2.45, 2.75) is 25.7 Å². The van der Waals surface area contributed by atoms with E-state index in [0.29, 0.717) is 11.3 Å². The molecule has 2 rings (SSSR count). The van der Waals surface area contributed by atoms with Crippen molar-refractivity contribution < 1.29 is 4.79 Å². The second-order valence-corrected chi connectivity index (χ2v) is 4.68. The summed E-state index contributed by atoms with van der Waals surface area (Å²) in [6.45, 7) is 0.900. The van der Waals surface area contributed by atoms with Gasteiger partial charge in [-0.15, -0.1) is 0 Å². The van der Waals surface area contributed by atoms with Crippen LogP contribution < -0.4 is 16.8 Å². The van der Waals surface area contributed by atoms with Gasteiger partial charge in [-0.2, -0.15) is 0 Å². The number of nitrogen functional groups attached to an aromatic ring is 1. The molecule has 92 valence electrons. The Morgan fingerprint density at radius 2 is 2.18 bits per heavy atom. The molecule has 0 spiro atoms. The first-order chi connectivity index (χ1) is 8.16. The SMILES string of the molecule is NC(=O)c1ccc(N)c(NCCC2CCC2)c1. The lowest BCUT2D eigenvalue weighted by Crippen LogP contribution is -2.16. The van der Waals surface area contributed by atoms with Crippen LogP contribution in [-0.4, -0.2) is 12.5 Å². The molecule has 5 N–H and O–H groups in total. The van der Waals surface area contributed by atoms with Crippen LogP contribution in [0.2, 0.25) is 0 Å². The quantitative estimate of drug-likeness (QED) is 0.680. The van der Waals surface area contributed by atoms with Crippen molar-refractivity contribution in [3.8, 4) is 0 Å². The van der Waals surface area contributed by atoms with E-state index in [4.69, 9.17) is 11.5 Å². The van der Waals surface area contributed by atoms with Crippen molar-refractivity contribution in [1.82, 2.24) is 0 Å². The molecule has 0 radical (unpaired) electrons. The molecule has 0 saturated heterocycles. The third kappa shape index (κ3) is 2.90. The van der Waals surface area contributed by atoms with Gasteiger partial charge in [-0.1, -0.05) is 19.3 Å². The van der Waals surface area contributed by atoms with E-state index < -0.39 is 5.91 Å². The molecule has 1 aromatic carbocycles. The minimum Gasteiger partial charge on any atom is -0.397 e. The van der Waals surface area contributed by atoms with Crippen molar-refractivity contribution in [2.75, 3.05) is 17.6 Å². The van der Waals surface area contributed by atoms with Crippen LogP contribution in [0.4, 0.5) is 11.4 Å². The second-order valence-electron chi connectivity index (χ2n) is 4.68. The Labute approximate surface area is 101 Å². The lowest BCUT2D eigenvalue weighted by Gasteiger charge is -2.25. The first-order valence-electron chi connectivity index (χ1n) is 6.10. The minimum absolute atomic E-state index is 0.424.